The second-order valence-electron chi connectivity index (χ2n) is 3.54. The van der Waals surface area contributed by atoms with E-state index in [2.05, 4.69) is 10.1 Å². The molecule has 0 saturated heterocycles. The molecule has 0 spiro atoms. The van der Waals surface area contributed by atoms with Crippen molar-refractivity contribution < 1.29 is 4.79 Å². The molecule has 0 atom stereocenters. The average molecular weight is 270 g/mol. The van der Waals surface area contributed by atoms with Crippen molar-refractivity contribution in [1.29, 1.82) is 0 Å². The molecule has 88 valence electrons. The van der Waals surface area contributed by atoms with Gasteiger partial charge in [-0.25, -0.2) is 9.67 Å². The summed E-state index contributed by atoms with van der Waals surface area (Å²) in [7, 11) is 0. The number of aromatic nitrogens is 3. The zero-order valence-electron chi connectivity index (χ0n) is 8.81. The molecule has 0 aliphatic rings. The standard InChI is InChI=1S/C11H9Cl2N3O/c12-9-2-1-8(11(13)4-9)3-10(17)5-16-7-14-6-15-16/h1-2,4,6-7H,3,5H2. The molecule has 2 rings (SSSR count). The number of carbonyl (C=O) groups excluding carboxylic acids is 1. The Morgan fingerprint density at radius 2 is 2.18 bits per heavy atom. The van der Waals surface area contributed by atoms with E-state index in [0.29, 0.717) is 10.0 Å². The van der Waals surface area contributed by atoms with Crippen molar-refractivity contribution in [1.82, 2.24) is 14.8 Å². The van der Waals surface area contributed by atoms with E-state index in [1.807, 2.05) is 0 Å². The van der Waals surface area contributed by atoms with Crippen LogP contribution in [0.3, 0.4) is 0 Å². The number of carbonyl (C=O) groups is 1. The Labute approximate surface area is 108 Å². The van der Waals surface area contributed by atoms with Crippen molar-refractivity contribution >= 4 is 29.0 Å². The van der Waals surface area contributed by atoms with Crippen molar-refractivity contribution in [3.63, 3.8) is 0 Å². The normalized spacial score (nSPS) is 10.5. The van der Waals surface area contributed by atoms with Gasteiger partial charge in [0.1, 0.15) is 19.2 Å². The van der Waals surface area contributed by atoms with Gasteiger partial charge in [0.05, 0.1) is 0 Å². The van der Waals surface area contributed by atoms with Crippen LogP contribution in [0, 0.1) is 0 Å². The molecule has 0 N–H and O–H groups in total. The van der Waals surface area contributed by atoms with Gasteiger partial charge in [-0.2, -0.15) is 5.10 Å². The third kappa shape index (κ3) is 3.28. The largest absolute Gasteiger partial charge is 0.297 e. The highest BCUT2D eigenvalue weighted by atomic mass is 35.5. The number of hydrogen-bond donors (Lipinski definition) is 0. The number of halogens is 2. The number of benzene rings is 1. The highest BCUT2D eigenvalue weighted by molar-refractivity contribution is 6.35. The molecule has 0 bridgehead atoms. The highest BCUT2D eigenvalue weighted by Crippen LogP contribution is 2.21. The molecule has 1 aromatic carbocycles. The summed E-state index contributed by atoms with van der Waals surface area (Å²) in [5.41, 5.74) is 0.765. The lowest BCUT2D eigenvalue weighted by molar-refractivity contribution is -0.119. The maximum Gasteiger partial charge on any atom is 0.158 e. The van der Waals surface area contributed by atoms with Crippen LogP contribution in [0.5, 0.6) is 0 Å². The number of rotatable bonds is 4. The summed E-state index contributed by atoms with van der Waals surface area (Å²) in [6.07, 6.45) is 3.15. The van der Waals surface area contributed by atoms with Crippen LogP contribution in [0.15, 0.2) is 30.9 Å². The van der Waals surface area contributed by atoms with E-state index in [0.717, 1.165) is 5.56 Å². The molecule has 4 nitrogen and oxygen atoms in total. The average Bonchev–Trinajstić information content (AvgIpc) is 2.75. The minimum atomic E-state index is 0.0136. The zero-order valence-corrected chi connectivity index (χ0v) is 10.3. The first-order valence-corrected chi connectivity index (χ1v) is 5.69. The van der Waals surface area contributed by atoms with E-state index in [1.54, 1.807) is 18.2 Å². The molecule has 0 fully saturated rings. The first-order valence-electron chi connectivity index (χ1n) is 4.93. The molecule has 0 aliphatic heterocycles. The van der Waals surface area contributed by atoms with Crippen LogP contribution in [0.25, 0.3) is 0 Å². The van der Waals surface area contributed by atoms with E-state index in [1.165, 1.54) is 17.3 Å². The summed E-state index contributed by atoms with van der Waals surface area (Å²) in [5, 5.41) is 4.93. The fourth-order valence-electron chi connectivity index (χ4n) is 1.43. The lowest BCUT2D eigenvalue weighted by Gasteiger charge is -2.04. The maximum atomic E-state index is 11.7. The van der Waals surface area contributed by atoms with Crippen molar-refractivity contribution in [3.8, 4) is 0 Å². The molecule has 0 amide bonds. The summed E-state index contributed by atoms with van der Waals surface area (Å²) < 4.78 is 1.48. The Balaban J connectivity index is 2.03. The van der Waals surface area contributed by atoms with Crippen LogP contribution < -0.4 is 0 Å². The molecular formula is C11H9Cl2N3O. The fraction of sp³-hybridized carbons (Fsp3) is 0.182. The Hall–Kier alpha value is -1.39. The lowest BCUT2D eigenvalue weighted by atomic mass is 10.1. The first-order chi connectivity index (χ1) is 8.15. The third-order valence-electron chi connectivity index (χ3n) is 2.21. The summed E-state index contributed by atoms with van der Waals surface area (Å²) in [6.45, 7) is 0.193. The minimum absolute atomic E-state index is 0.0136. The van der Waals surface area contributed by atoms with Crippen molar-refractivity contribution in [3.05, 3.63) is 46.5 Å². The molecule has 6 heteroatoms. The van der Waals surface area contributed by atoms with E-state index in [-0.39, 0.29) is 18.7 Å². The van der Waals surface area contributed by atoms with Crippen LogP contribution in [-0.4, -0.2) is 20.5 Å². The van der Waals surface area contributed by atoms with Gasteiger partial charge in [0.15, 0.2) is 5.78 Å². The zero-order chi connectivity index (χ0) is 12.3. The van der Waals surface area contributed by atoms with Crippen LogP contribution in [0.4, 0.5) is 0 Å². The second kappa shape index (κ2) is 5.29. The topological polar surface area (TPSA) is 47.8 Å². The molecular weight excluding hydrogens is 261 g/mol. The highest BCUT2D eigenvalue weighted by Gasteiger charge is 2.08. The van der Waals surface area contributed by atoms with Crippen LogP contribution >= 0.6 is 23.2 Å². The van der Waals surface area contributed by atoms with Gasteiger partial charge in [-0.15, -0.1) is 0 Å². The van der Waals surface area contributed by atoms with E-state index in [4.69, 9.17) is 23.2 Å². The van der Waals surface area contributed by atoms with Gasteiger partial charge in [0, 0.05) is 16.5 Å². The minimum Gasteiger partial charge on any atom is -0.297 e. The summed E-state index contributed by atoms with van der Waals surface area (Å²) in [5.74, 6) is 0.0136. The summed E-state index contributed by atoms with van der Waals surface area (Å²) in [4.78, 5) is 15.5. The molecule has 1 aromatic heterocycles. The monoisotopic (exact) mass is 269 g/mol. The van der Waals surface area contributed by atoms with E-state index in [9.17, 15) is 4.79 Å². The van der Waals surface area contributed by atoms with Gasteiger partial charge in [-0.3, -0.25) is 4.79 Å². The molecule has 0 unspecified atom stereocenters. The van der Waals surface area contributed by atoms with Crippen molar-refractivity contribution in [2.24, 2.45) is 0 Å². The van der Waals surface area contributed by atoms with Gasteiger partial charge in [-0.05, 0) is 17.7 Å². The smallest absolute Gasteiger partial charge is 0.158 e. The molecule has 1 heterocycles. The van der Waals surface area contributed by atoms with Gasteiger partial charge in [0.2, 0.25) is 0 Å². The van der Waals surface area contributed by atoms with E-state index < -0.39 is 0 Å². The Bertz CT molecular complexity index is 526. The van der Waals surface area contributed by atoms with Crippen LogP contribution in [0.2, 0.25) is 10.0 Å². The number of hydrogen-bond acceptors (Lipinski definition) is 3. The Morgan fingerprint density at radius 1 is 1.35 bits per heavy atom. The second-order valence-corrected chi connectivity index (χ2v) is 4.39. The fourth-order valence-corrected chi connectivity index (χ4v) is 1.90. The molecule has 0 saturated carbocycles. The van der Waals surface area contributed by atoms with Crippen molar-refractivity contribution in [2.75, 3.05) is 0 Å². The lowest BCUT2D eigenvalue weighted by Crippen LogP contribution is -2.13. The Kier molecular flexibility index (Phi) is 3.76. The molecule has 0 aliphatic carbocycles. The van der Waals surface area contributed by atoms with Crippen LogP contribution in [-0.2, 0) is 17.8 Å². The quantitative estimate of drug-likeness (QED) is 0.857. The molecule has 17 heavy (non-hydrogen) atoms. The molecule has 2 aromatic rings. The predicted octanol–water partition coefficient (Wildman–Crippen LogP) is 2.40. The van der Waals surface area contributed by atoms with Gasteiger partial charge in [0.25, 0.3) is 0 Å². The third-order valence-corrected chi connectivity index (χ3v) is 2.79. The van der Waals surface area contributed by atoms with Crippen LogP contribution in [0.1, 0.15) is 5.56 Å². The maximum absolute atomic E-state index is 11.7. The van der Waals surface area contributed by atoms with Gasteiger partial charge >= 0.3 is 0 Å². The Morgan fingerprint density at radius 3 is 2.82 bits per heavy atom. The van der Waals surface area contributed by atoms with E-state index >= 15 is 0 Å². The van der Waals surface area contributed by atoms with Gasteiger partial charge in [-0.1, -0.05) is 29.3 Å². The summed E-state index contributed by atoms with van der Waals surface area (Å²) in [6, 6.07) is 5.09. The molecule has 0 radical (unpaired) electrons. The number of nitrogens with zero attached hydrogens (tertiary/aromatic N) is 3. The van der Waals surface area contributed by atoms with Crippen molar-refractivity contribution in [2.45, 2.75) is 13.0 Å². The number of ketones is 1. The SMILES string of the molecule is O=C(Cc1ccc(Cl)cc1Cl)Cn1cncn1. The number of Topliss-reactive ketones (excluding diaryl/α,β-unsaturated/α-hetero) is 1. The van der Waals surface area contributed by atoms with Gasteiger partial charge < -0.3 is 0 Å². The predicted molar refractivity (Wildman–Crippen MR) is 65.2 cm³/mol. The summed E-state index contributed by atoms with van der Waals surface area (Å²) >= 11 is 11.8. The first kappa shape index (κ1) is 12.1.